The highest BCUT2D eigenvalue weighted by Crippen LogP contribution is 2.39. The molecule has 0 bridgehead atoms. The van der Waals surface area contributed by atoms with Crippen LogP contribution < -0.4 is 10.1 Å². The van der Waals surface area contributed by atoms with Crippen LogP contribution in [-0.2, 0) is 9.53 Å². The average Bonchev–Trinajstić information content (AvgIpc) is 3.38. The van der Waals surface area contributed by atoms with Gasteiger partial charge in [-0.1, -0.05) is 19.4 Å². The van der Waals surface area contributed by atoms with Gasteiger partial charge < -0.3 is 14.4 Å². The van der Waals surface area contributed by atoms with Crippen molar-refractivity contribution >= 4 is 23.2 Å². The quantitative estimate of drug-likeness (QED) is 0.370. The van der Waals surface area contributed by atoms with E-state index in [0.29, 0.717) is 23.4 Å². The second-order valence-corrected chi connectivity index (χ2v) is 11.6. The van der Waals surface area contributed by atoms with Gasteiger partial charge in [0.2, 0.25) is 5.91 Å². The zero-order chi connectivity index (χ0) is 29.8. The minimum Gasteiger partial charge on any atom is -0.495 e. The minimum atomic E-state index is -0.492. The Labute approximate surface area is 248 Å². The molecule has 2 fully saturated rings. The van der Waals surface area contributed by atoms with Crippen LogP contribution in [0.4, 0.5) is 10.5 Å². The summed E-state index contributed by atoms with van der Waals surface area (Å²) in [6.45, 7) is 11.2. The zero-order valence-electron chi connectivity index (χ0n) is 25.6. The lowest BCUT2D eigenvalue weighted by atomic mass is 9.84. The third-order valence-corrected chi connectivity index (χ3v) is 8.82. The van der Waals surface area contributed by atoms with Crippen molar-refractivity contribution < 1.29 is 19.1 Å². The van der Waals surface area contributed by atoms with Gasteiger partial charge in [0.05, 0.1) is 29.7 Å². The molecule has 3 aromatic rings. The first kappa shape index (κ1) is 29.8. The fourth-order valence-corrected chi connectivity index (χ4v) is 6.54. The number of methoxy groups -OCH3 is 1. The first-order valence-electron chi connectivity index (χ1n) is 15.3. The van der Waals surface area contributed by atoms with E-state index < -0.39 is 6.09 Å². The van der Waals surface area contributed by atoms with E-state index in [1.165, 1.54) is 0 Å². The Morgan fingerprint density at radius 3 is 2.52 bits per heavy atom. The normalized spacial score (nSPS) is 20.4. The van der Waals surface area contributed by atoms with Gasteiger partial charge in [0.25, 0.3) is 0 Å². The van der Waals surface area contributed by atoms with E-state index in [2.05, 4.69) is 26.5 Å². The molecule has 0 spiro atoms. The van der Waals surface area contributed by atoms with E-state index in [4.69, 9.17) is 14.5 Å². The molecule has 226 valence electrons. The average molecular weight is 577 g/mol. The lowest BCUT2D eigenvalue weighted by Gasteiger charge is -2.41. The Bertz CT molecular complexity index is 1410. The summed E-state index contributed by atoms with van der Waals surface area (Å²) >= 11 is 0. The van der Waals surface area contributed by atoms with Crippen LogP contribution in [0, 0.1) is 6.92 Å². The highest BCUT2D eigenvalue weighted by Gasteiger charge is 2.32. The summed E-state index contributed by atoms with van der Waals surface area (Å²) in [7, 11) is 1.59. The number of hydrogen-bond donors (Lipinski definition) is 1. The number of nitrogens with one attached hydrogen (secondary N) is 1. The van der Waals surface area contributed by atoms with E-state index in [9.17, 15) is 9.59 Å². The predicted octanol–water partition coefficient (Wildman–Crippen LogP) is 5.64. The zero-order valence-corrected chi connectivity index (χ0v) is 25.6. The van der Waals surface area contributed by atoms with Gasteiger partial charge >= 0.3 is 6.09 Å². The first-order chi connectivity index (χ1) is 20.3. The highest BCUT2D eigenvalue weighted by molar-refractivity contribution is 5.89. The molecule has 3 heterocycles. The van der Waals surface area contributed by atoms with E-state index >= 15 is 0 Å². The summed E-state index contributed by atoms with van der Waals surface area (Å²) in [5, 5.41) is 2.83. The third-order valence-electron chi connectivity index (χ3n) is 8.82. The van der Waals surface area contributed by atoms with E-state index in [0.717, 1.165) is 93.0 Å². The summed E-state index contributed by atoms with van der Waals surface area (Å²) in [5.74, 6) is 2.14. The minimum absolute atomic E-state index is 0.155. The molecular weight excluding hydrogens is 532 g/mol. The van der Waals surface area contributed by atoms with Gasteiger partial charge in [-0.2, -0.15) is 0 Å². The van der Waals surface area contributed by atoms with Crippen LogP contribution in [0.2, 0.25) is 0 Å². The van der Waals surface area contributed by atoms with Crippen LogP contribution in [0.3, 0.4) is 0 Å². The molecule has 2 amide bonds. The lowest BCUT2D eigenvalue weighted by molar-refractivity contribution is -0.131. The van der Waals surface area contributed by atoms with Crippen molar-refractivity contribution in [2.75, 3.05) is 38.6 Å². The van der Waals surface area contributed by atoms with Crippen LogP contribution in [0.25, 0.3) is 16.8 Å². The summed E-state index contributed by atoms with van der Waals surface area (Å²) in [6, 6.07) is 6.28. The van der Waals surface area contributed by atoms with Crippen LogP contribution in [0.15, 0.2) is 30.6 Å². The molecule has 1 saturated heterocycles. The molecule has 1 N–H and O–H groups in total. The molecule has 1 aromatic carbocycles. The Morgan fingerprint density at radius 2 is 1.86 bits per heavy atom. The number of hydrogen-bond acceptors (Lipinski definition) is 7. The molecule has 5 rings (SSSR count). The number of carbonyl (C=O) groups excluding carboxylic acids is 2. The molecular formula is C32H44N6O4. The SMILES string of the molecule is CCCC(C)OC(=O)Nc1ccc(-c2nc(C3CCC(N4CCN(C(C)=O)CC4)CC3)n3ccnc(C)c23)cc1OC. The number of piperazine rings is 1. The number of nitrogens with zero attached hydrogens (tertiary/aromatic N) is 5. The first-order valence-corrected chi connectivity index (χ1v) is 15.3. The third kappa shape index (κ3) is 6.38. The van der Waals surface area contributed by atoms with E-state index in [-0.39, 0.29) is 12.0 Å². The largest absolute Gasteiger partial charge is 0.495 e. The van der Waals surface area contributed by atoms with Crippen LogP contribution in [-0.4, -0.2) is 81.6 Å². The topological polar surface area (TPSA) is 101 Å². The van der Waals surface area contributed by atoms with Crippen molar-refractivity contribution in [2.45, 2.75) is 84.3 Å². The molecule has 42 heavy (non-hydrogen) atoms. The Kier molecular flexibility index (Phi) is 9.30. The highest BCUT2D eigenvalue weighted by atomic mass is 16.6. The maximum absolute atomic E-state index is 12.5. The van der Waals surface area contributed by atoms with Crippen molar-refractivity contribution in [3.8, 4) is 17.0 Å². The monoisotopic (exact) mass is 576 g/mol. The van der Waals surface area contributed by atoms with Crippen molar-refractivity contribution in [1.82, 2.24) is 24.2 Å². The smallest absolute Gasteiger partial charge is 0.412 e. The van der Waals surface area contributed by atoms with E-state index in [1.54, 1.807) is 14.0 Å². The van der Waals surface area contributed by atoms with Crippen LogP contribution in [0.1, 0.15) is 76.7 Å². The summed E-state index contributed by atoms with van der Waals surface area (Å²) < 4.78 is 13.3. The molecule has 2 aromatic heterocycles. The molecule has 1 aliphatic carbocycles. The molecule has 1 aliphatic heterocycles. The molecule has 0 radical (unpaired) electrons. The van der Waals surface area contributed by atoms with Gasteiger partial charge in [-0.15, -0.1) is 0 Å². The van der Waals surface area contributed by atoms with Gasteiger partial charge in [0, 0.05) is 63.0 Å². The maximum Gasteiger partial charge on any atom is 0.412 e. The number of aromatic nitrogens is 3. The van der Waals surface area contributed by atoms with Crippen molar-refractivity contribution in [2.24, 2.45) is 0 Å². The number of fused-ring (bicyclic) bond motifs is 1. The predicted molar refractivity (Wildman–Crippen MR) is 163 cm³/mol. The maximum atomic E-state index is 12.5. The van der Waals surface area contributed by atoms with Crippen LogP contribution in [0.5, 0.6) is 5.75 Å². The number of carbonyl (C=O) groups is 2. The number of aryl methyl sites for hydroxylation is 1. The van der Waals surface area contributed by atoms with Gasteiger partial charge in [-0.25, -0.2) is 9.78 Å². The summed E-state index contributed by atoms with van der Waals surface area (Å²) in [5.41, 5.74) is 4.23. The molecule has 10 heteroatoms. The van der Waals surface area contributed by atoms with Gasteiger partial charge in [-0.3, -0.25) is 24.4 Å². The van der Waals surface area contributed by atoms with Crippen molar-refractivity contribution in [3.05, 3.63) is 42.1 Å². The second kappa shape index (κ2) is 13.1. The molecule has 1 atom stereocenters. The fraction of sp³-hybridized carbons (Fsp3) is 0.562. The summed E-state index contributed by atoms with van der Waals surface area (Å²) in [4.78, 5) is 38.5. The van der Waals surface area contributed by atoms with Crippen molar-refractivity contribution in [1.29, 1.82) is 0 Å². The number of benzene rings is 1. The molecule has 1 saturated carbocycles. The van der Waals surface area contributed by atoms with Gasteiger partial charge in [0.1, 0.15) is 17.7 Å². The van der Waals surface area contributed by atoms with Gasteiger partial charge in [-0.05, 0) is 58.1 Å². The number of amides is 2. The standard InChI is InChI=1S/C32H44N6O4/c1-6-7-21(2)42-32(40)34-27-13-10-25(20-28(27)41-5)29-30-22(3)33-14-15-38(30)31(35-29)24-8-11-26(12-9-24)37-18-16-36(17-19-37)23(4)39/h10,13-15,20-21,24,26H,6-9,11-12,16-19H2,1-5H3,(H,34,40). The Morgan fingerprint density at radius 1 is 1.12 bits per heavy atom. The number of imidazole rings is 1. The molecule has 10 nitrogen and oxygen atoms in total. The lowest BCUT2D eigenvalue weighted by Crippen LogP contribution is -2.52. The molecule has 2 aliphatic rings. The molecule has 1 unspecified atom stereocenters. The summed E-state index contributed by atoms with van der Waals surface area (Å²) in [6.07, 6.45) is 9.36. The van der Waals surface area contributed by atoms with E-state index in [1.807, 2.05) is 49.3 Å². The Balaban J connectivity index is 1.34. The van der Waals surface area contributed by atoms with Crippen LogP contribution >= 0.6 is 0 Å². The van der Waals surface area contributed by atoms with Crippen molar-refractivity contribution in [3.63, 3.8) is 0 Å². The number of ether oxygens (including phenoxy) is 2. The second-order valence-electron chi connectivity index (χ2n) is 11.6. The van der Waals surface area contributed by atoms with Gasteiger partial charge in [0.15, 0.2) is 0 Å². The number of anilines is 1. The number of rotatable bonds is 8. The fourth-order valence-electron chi connectivity index (χ4n) is 6.54. The Hall–Kier alpha value is -3.66.